The lowest BCUT2D eigenvalue weighted by Gasteiger charge is -2.48. The number of hydrogen-bond acceptors (Lipinski definition) is 2. The first-order valence-corrected chi connectivity index (χ1v) is 5.82. The van der Waals surface area contributed by atoms with E-state index in [0.29, 0.717) is 5.92 Å². The second-order valence-corrected chi connectivity index (χ2v) is 5.70. The summed E-state index contributed by atoms with van der Waals surface area (Å²) in [5, 5.41) is 0. The summed E-state index contributed by atoms with van der Waals surface area (Å²) in [6.45, 7) is 8.35. The third-order valence-electron chi connectivity index (χ3n) is 3.58. The van der Waals surface area contributed by atoms with Gasteiger partial charge in [-0.2, -0.15) is 0 Å². The van der Waals surface area contributed by atoms with E-state index in [1.165, 1.54) is 19.3 Å². The quantitative estimate of drug-likeness (QED) is 0.596. The van der Waals surface area contributed by atoms with Gasteiger partial charge in [-0.05, 0) is 12.8 Å². The average molecular weight is 198 g/mol. The van der Waals surface area contributed by atoms with Gasteiger partial charge >= 0.3 is 0 Å². The normalized spacial score (nSPS) is 35.8. The summed E-state index contributed by atoms with van der Waals surface area (Å²) >= 11 is 0. The maximum Gasteiger partial charge on any atom is 0.170 e. The topological polar surface area (TPSA) is 18.5 Å². The van der Waals surface area contributed by atoms with Crippen molar-refractivity contribution >= 4 is 0 Å². The van der Waals surface area contributed by atoms with Crippen molar-refractivity contribution in [2.75, 3.05) is 13.2 Å². The Morgan fingerprint density at radius 3 is 2.29 bits per heavy atom. The lowest BCUT2D eigenvalue weighted by Crippen LogP contribution is -2.52. The van der Waals surface area contributed by atoms with Gasteiger partial charge in [-0.25, -0.2) is 0 Å². The molecule has 1 heterocycles. The number of rotatable bonds is 0. The molecule has 0 aromatic heterocycles. The minimum Gasteiger partial charge on any atom is -0.349 e. The summed E-state index contributed by atoms with van der Waals surface area (Å²) in [4.78, 5) is 0. The van der Waals surface area contributed by atoms with Crippen LogP contribution < -0.4 is 0 Å². The molecule has 1 aliphatic carbocycles. The first-order chi connectivity index (χ1) is 6.54. The minimum atomic E-state index is -0.228. The summed E-state index contributed by atoms with van der Waals surface area (Å²) in [6, 6.07) is 0. The van der Waals surface area contributed by atoms with E-state index in [9.17, 15) is 0 Å². The Morgan fingerprint density at radius 2 is 1.71 bits per heavy atom. The van der Waals surface area contributed by atoms with Crippen molar-refractivity contribution in [3.63, 3.8) is 0 Å². The van der Waals surface area contributed by atoms with E-state index in [-0.39, 0.29) is 11.2 Å². The van der Waals surface area contributed by atoms with Gasteiger partial charge in [-0.15, -0.1) is 0 Å². The van der Waals surface area contributed by atoms with Gasteiger partial charge in [-0.1, -0.05) is 27.2 Å². The Bertz CT molecular complexity index is 200. The van der Waals surface area contributed by atoms with E-state index in [1.807, 2.05) is 0 Å². The Kier molecular flexibility index (Phi) is 2.61. The zero-order valence-corrected chi connectivity index (χ0v) is 9.64. The van der Waals surface area contributed by atoms with Gasteiger partial charge in [0.05, 0.1) is 13.2 Å². The third-order valence-corrected chi connectivity index (χ3v) is 3.58. The van der Waals surface area contributed by atoms with E-state index in [4.69, 9.17) is 9.47 Å². The summed E-state index contributed by atoms with van der Waals surface area (Å²) < 4.78 is 12.0. The molecule has 1 atom stereocenters. The molecule has 0 unspecified atom stereocenters. The van der Waals surface area contributed by atoms with E-state index in [0.717, 1.165) is 19.6 Å². The van der Waals surface area contributed by atoms with Crippen LogP contribution in [0.5, 0.6) is 0 Å². The largest absolute Gasteiger partial charge is 0.349 e. The Labute approximate surface area is 87.0 Å². The van der Waals surface area contributed by atoms with Crippen molar-refractivity contribution in [1.82, 2.24) is 0 Å². The molecule has 2 heteroatoms. The molecular weight excluding hydrogens is 176 g/mol. The Balaban J connectivity index is 2.03. The van der Waals surface area contributed by atoms with Gasteiger partial charge in [0.25, 0.3) is 0 Å². The summed E-state index contributed by atoms with van der Waals surface area (Å²) in [5.41, 5.74) is 0.197. The van der Waals surface area contributed by atoms with E-state index in [2.05, 4.69) is 20.8 Å². The van der Waals surface area contributed by atoms with Crippen LogP contribution in [0.3, 0.4) is 0 Å². The molecule has 1 saturated heterocycles. The predicted molar refractivity (Wildman–Crippen MR) is 56.0 cm³/mol. The van der Waals surface area contributed by atoms with Crippen molar-refractivity contribution in [2.45, 2.75) is 52.2 Å². The van der Waals surface area contributed by atoms with Crippen molar-refractivity contribution in [3.8, 4) is 0 Å². The van der Waals surface area contributed by atoms with Gasteiger partial charge in [0.2, 0.25) is 0 Å². The van der Waals surface area contributed by atoms with Gasteiger partial charge in [-0.3, -0.25) is 0 Å². The average Bonchev–Trinajstić information content (AvgIpc) is 2.15. The molecule has 0 N–H and O–H groups in total. The third kappa shape index (κ3) is 1.82. The van der Waals surface area contributed by atoms with Crippen LogP contribution in [-0.2, 0) is 9.47 Å². The van der Waals surface area contributed by atoms with Crippen LogP contribution in [0.1, 0.15) is 46.5 Å². The Hall–Kier alpha value is -0.0800. The molecule has 2 nitrogen and oxygen atoms in total. The van der Waals surface area contributed by atoms with E-state index >= 15 is 0 Å². The van der Waals surface area contributed by atoms with E-state index < -0.39 is 0 Å². The van der Waals surface area contributed by atoms with Crippen LogP contribution in [0.15, 0.2) is 0 Å². The molecule has 0 aromatic rings. The van der Waals surface area contributed by atoms with Gasteiger partial charge in [0.1, 0.15) is 0 Å². The molecule has 1 aliphatic heterocycles. The maximum atomic E-state index is 6.01. The molecule has 0 bridgehead atoms. The molecule has 2 fully saturated rings. The van der Waals surface area contributed by atoms with Crippen LogP contribution in [-0.4, -0.2) is 19.0 Å². The zero-order chi connectivity index (χ0) is 10.2. The number of ether oxygens (including phenoxy) is 2. The lowest BCUT2D eigenvalue weighted by atomic mass is 9.82. The molecular formula is C12H22O2. The summed E-state index contributed by atoms with van der Waals surface area (Å²) in [5.74, 6) is 0.334. The predicted octanol–water partition coefficient (Wildman–Crippen LogP) is 2.97. The smallest absolute Gasteiger partial charge is 0.170 e. The van der Waals surface area contributed by atoms with Crippen molar-refractivity contribution in [2.24, 2.45) is 11.3 Å². The molecule has 0 amide bonds. The highest BCUT2D eigenvalue weighted by atomic mass is 16.7. The monoisotopic (exact) mass is 198 g/mol. The highest BCUT2D eigenvalue weighted by Crippen LogP contribution is 2.42. The highest BCUT2D eigenvalue weighted by molar-refractivity contribution is 4.86. The molecule has 1 spiro atoms. The van der Waals surface area contributed by atoms with Crippen LogP contribution >= 0.6 is 0 Å². The molecule has 1 saturated carbocycles. The molecule has 0 radical (unpaired) electrons. The van der Waals surface area contributed by atoms with Gasteiger partial charge < -0.3 is 9.47 Å². The molecule has 0 aromatic carbocycles. The fourth-order valence-electron chi connectivity index (χ4n) is 2.44. The fourth-order valence-corrected chi connectivity index (χ4v) is 2.44. The van der Waals surface area contributed by atoms with Crippen LogP contribution in [0, 0.1) is 11.3 Å². The summed E-state index contributed by atoms with van der Waals surface area (Å²) in [6.07, 6.45) is 4.93. The van der Waals surface area contributed by atoms with Crippen molar-refractivity contribution in [1.29, 1.82) is 0 Å². The SMILES string of the molecule is C[C@H]1CCCCC12OCC(C)(C)CO2. The van der Waals surface area contributed by atoms with Gasteiger partial charge in [0, 0.05) is 17.8 Å². The highest BCUT2D eigenvalue weighted by Gasteiger charge is 2.45. The second-order valence-electron chi connectivity index (χ2n) is 5.70. The molecule has 2 rings (SSSR count). The standard InChI is InChI=1S/C12H22O2/c1-10-6-4-5-7-12(10)13-8-11(2,3)9-14-12/h10H,4-9H2,1-3H3/t10-/m0/s1. The van der Waals surface area contributed by atoms with E-state index in [1.54, 1.807) is 0 Å². The van der Waals surface area contributed by atoms with Crippen LogP contribution in [0.2, 0.25) is 0 Å². The van der Waals surface area contributed by atoms with Gasteiger partial charge in [0.15, 0.2) is 5.79 Å². The second kappa shape index (κ2) is 3.49. The summed E-state index contributed by atoms with van der Waals surface area (Å²) in [7, 11) is 0. The molecule has 14 heavy (non-hydrogen) atoms. The van der Waals surface area contributed by atoms with Crippen LogP contribution in [0.25, 0.3) is 0 Å². The first kappa shape index (κ1) is 10.4. The first-order valence-electron chi connectivity index (χ1n) is 5.82. The number of hydrogen-bond donors (Lipinski definition) is 0. The maximum absolute atomic E-state index is 6.01. The lowest BCUT2D eigenvalue weighted by molar-refractivity contribution is -0.329. The molecule has 2 aliphatic rings. The van der Waals surface area contributed by atoms with Crippen LogP contribution in [0.4, 0.5) is 0 Å². The zero-order valence-electron chi connectivity index (χ0n) is 9.64. The fraction of sp³-hybridized carbons (Fsp3) is 1.00. The Morgan fingerprint density at radius 1 is 1.07 bits per heavy atom. The minimum absolute atomic E-state index is 0.197. The van der Waals surface area contributed by atoms with Crippen molar-refractivity contribution in [3.05, 3.63) is 0 Å². The van der Waals surface area contributed by atoms with Crippen molar-refractivity contribution < 1.29 is 9.47 Å². The molecule has 82 valence electrons.